The fourth-order valence-electron chi connectivity index (χ4n) is 0.771. The van der Waals surface area contributed by atoms with Gasteiger partial charge in [-0.05, 0) is 26.2 Å². The van der Waals surface area contributed by atoms with Crippen LogP contribution in [0.5, 0.6) is 0 Å². The molecule has 0 aromatic carbocycles. The van der Waals surface area contributed by atoms with Gasteiger partial charge in [-0.25, -0.2) is 0 Å². The highest BCUT2D eigenvalue weighted by atomic mass is 28.5. The molecule has 0 spiro atoms. The van der Waals surface area contributed by atoms with Crippen LogP contribution in [0.1, 0.15) is 0 Å². The summed E-state index contributed by atoms with van der Waals surface area (Å²) in [6, 6.07) is 0. The quantitative estimate of drug-likeness (QED) is 0.653. The van der Waals surface area contributed by atoms with Gasteiger partial charge >= 0.3 is 9.05 Å². The zero-order chi connectivity index (χ0) is 10.5. The van der Waals surface area contributed by atoms with Crippen LogP contribution in [0.2, 0.25) is 26.2 Å². The summed E-state index contributed by atoms with van der Waals surface area (Å²) < 4.78 is 21.7. The van der Waals surface area contributed by atoms with Crippen LogP contribution < -0.4 is 0 Å². The standard InChI is InChI=1S/C6H18O4Si3/c1-7-13(8-2,9-11-3)10-12(4,5)6/h1-6H3. The summed E-state index contributed by atoms with van der Waals surface area (Å²) in [5.41, 5.74) is 0. The van der Waals surface area contributed by atoms with E-state index in [0.29, 0.717) is 9.76 Å². The van der Waals surface area contributed by atoms with Crippen LogP contribution in [0.3, 0.4) is 0 Å². The Labute approximate surface area is 85.1 Å². The second-order valence-corrected chi connectivity index (χ2v) is 11.5. The Hall–Kier alpha value is 0.491. The van der Waals surface area contributed by atoms with Gasteiger partial charge in [-0.15, -0.1) is 0 Å². The molecule has 0 atom stereocenters. The normalized spacial score (nSPS) is 13.4. The molecule has 78 valence electrons. The summed E-state index contributed by atoms with van der Waals surface area (Å²) in [5.74, 6) is 0. The molecule has 2 radical (unpaired) electrons. The molecular weight excluding hydrogens is 220 g/mol. The molecule has 0 saturated carbocycles. The number of hydrogen-bond donors (Lipinski definition) is 0. The Morgan fingerprint density at radius 1 is 1.00 bits per heavy atom. The molecule has 0 amide bonds. The van der Waals surface area contributed by atoms with Crippen LogP contribution in [0.25, 0.3) is 0 Å². The molecule has 0 aliphatic rings. The summed E-state index contributed by atoms with van der Waals surface area (Å²) in [6.07, 6.45) is 0. The van der Waals surface area contributed by atoms with E-state index in [9.17, 15) is 0 Å². The molecule has 0 heterocycles. The maximum absolute atomic E-state index is 5.78. The maximum Gasteiger partial charge on any atom is 0.657 e. The lowest BCUT2D eigenvalue weighted by Gasteiger charge is -2.31. The van der Waals surface area contributed by atoms with Crippen molar-refractivity contribution in [2.45, 2.75) is 26.2 Å². The van der Waals surface area contributed by atoms with Gasteiger partial charge in [0.05, 0.1) is 0 Å². The highest BCUT2D eigenvalue weighted by molar-refractivity contribution is 6.79. The molecule has 0 aromatic heterocycles. The van der Waals surface area contributed by atoms with E-state index in [1.54, 1.807) is 14.2 Å². The minimum absolute atomic E-state index is 0.318. The van der Waals surface area contributed by atoms with E-state index in [4.69, 9.17) is 17.1 Å². The van der Waals surface area contributed by atoms with Gasteiger partial charge in [0.1, 0.15) is 0 Å². The van der Waals surface area contributed by atoms with Gasteiger partial charge in [-0.1, -0.05) is 0 Å². The fourth-order valence-corrected chi connectivity index (χ4v) is 6.81. The largest absolute Gasteiger partial charge is 0.657 e. The lowest BCUT2D eigenvalue weighted by molar-refractivity contribution is 0.0821. The minimum atomic E-state index is -2.80. The van der Waals surface area contributed by atoms with Crippen molar-refractivity contribution in [2.75, 3.05) is 14.2 Å². The molecule has 0 unspecified atom stereocenters. The van der Waals surface area contributed by atoms with E-state index in [1.807, 2.05) is 6.55 Å². The van der Waals surface area contributed by atoms with Gasteiger partial charge < -0.3 is 17.1 Å². The average Bonchev–Trinajstić information content (AvgIpc) is 2.01. The van der Waals surface area contributed by atoms with Crippen LogP contribution in [0.15, 0.2) is 0 Å². The van der Waals surface area contributed by atoms with Gasteiger partial charge in [-0.3, -0.25) is 0 Å². The Kier molecular flexibility index (Phi) is 5.59. The van der Waals surface area contributed by atoms with Crippen LogP contribution in [-0.2, 0) is 17.1 Å². The molecule has 0 bridgehead atoms. The van der Waals surface area contributed by atoms with Crippen molar-refractivity contribution < 1.29 is 17.1 Å². The van der Waals surface area contributed by atoms with Crippen LogP contribution in [-0.4, -0.2) is 41.3 Å². The van der Waals surface area contributed by atoms with Gasteiger partial charge in [0.15, 0.2) is 8.32 Å². The van der Waals surface area contributed by atoms with Crippen LogP contribution in [0.4, 0.5) is 0 Å². The smallest absolute Gasteiger partial charge is 0.395 e. The minimum Gasteiger partial charge on any atom is -0.395 e. The summed E-state index contributed by atoms with van der Waals surface area (Å²) in [5, 5.41) is 0. The lowest BCUT2D eigenvalue weighted by Crippen LogP contribution is -2.54. The van der Waals surface area contributed by atoms with Crippen molar-refractivity contribution >= 4 is 27.1 Å². The molecule has 13 heavy (non-hydrogen) atoms. The van der Waals surface area contributed by atoms with E-state index >= 15 is 0 Å². The molecule has 0 aliphatic heterocycles. The zero-order valence-electron chi connectivity index (χ0n) is 9.13. The zero-order valence-corrected chi connectivity index (χ0v) is 12.1. The molecule has 0 aromatic rings. The van der Waals surface area contributed by atoms with Crippen molar-refractivity contribution in [3.05, 3.63) is 0 Å². The predicted octanol–water partition coefficient (Wildman–Crippen LogP) is 1.25. The summed E-state index contributed by atoms with van der Waals surface area (Å²) >= 11 is 0. The van der Waals surface area contributed by atoms with E-state index in [2.05, 4.69) is 19.6 Å². The number of rotatable bonds is 6. The van der Waals surface area contributed by atoms with Crippen molar-refractivity contribution in [3.8, 4) is 0 Å². The Morgan fingerprint density at radius 2 is 1.46 bits per heavy atom. The lowest BCUT2D eigenvalue weighted by atomic mass is 11.8. The predicted molar refractivity (Wildman–Crippen MR) is 56.9 cm³/mol. The van der Waals surface area contributed by atoms with Crippen molar-refractivity contribution in [1.29, 1.82) is 0 Å². The first-order chi connectivity index (χ1) is 5.89. The third-order valence-electron chi connectivity index (χ3n) is 1.16. The number of hydrogen-bond acceptors (Lipinski definition) is 4. The Bertz CT molecular complexity index is 143. The second-order valence-electron chi connectivity index (χ2n) is 3.43. The molecule has 0 rings (SSSR count). The monoisotopic (exact) mass is 238 g/mol. The topological polar surface area (TPSA) is 36.9 Å². The van der Waals surface area contributed by atoms with E-state index < -0.39 is 17.4 Å². The van der Waals surface area contributed by atoms with E-state index in [1.165, 1.54) is 0 Å². The third-order valence-corrected chi connectivity index (χ3v) is 7.42. The average molecular weight is 238 g/mol. The Balaban J connectivity index is 4.38. The highest BCUT2D eigenvalue weighted by Gasteiger charge is 2.46. The van der Waals surface area contributed by atoms with Crippen LogP contribution >= 0.6 is 0 Å². The SMILES string of the molecule is CO[Si](OC)(O[Si]C)O[Si](C)(C)C. The molecule has 7 heteroatoms. The first-order valence-electron chi connectivity index (χ1n) is 4.04. The third kappa shape index (κ3) is 5.05. The van der Waals surface area contributed by atoms with Crippen molar-refractivity contribution in [1.82, 2.24) is 0 Å². The molecule has 0 N–H and O–H groups in total. The van der Waals surface area contributed by atoms with Gasteiger partial charge in [-0.2, -0.15) is 0 Å². The second kappa shape index (κ2) is 5.39. The molecular formula is C6H18O4Si3. The molecule has 4 nitrogen and oxygen atoms in total. The van der Waals surface area contributed by atoms with Crippen LogP contribution in [0, 0.1) is 0 Å². The molecule has 0 fully saturated rings. The van der Waals surface area contributed by atoms with E-state index in [0.717, 1.165) is 0 Å². The first-order valence-corrected chi connectivity index (χ1v) is 10.5. The fraction of sp³-hybridized carbons (Fsp3) is 1.00. The summed E-state index contributed by atoms with van der Waals surface area (Å²) in [7, 11) is -1.04. The Morgan fingerprint density at radius 3 is 1.69 bits per heavy atom. The highest BCUT2D eigenvalue weighted by Crippen LogP contribution is 2.16. The maximum atomic E-state index is 5.78. The molecule has 0 aliphatic carbocycles. The van der Waals surface area contributed by atoms with Crippen molar-refractivity contribution in [2.24, 2.45) is 0 Å². The molecule has 0 saturated heterocycles. The van der Waals surface area contributed by atoms with E-state index in [-0.39, 0.29) is 0 Å². The van der Waals surface area contributed by atoms with Crippen molar-refractivity contribution in [3.63, 3.8) is 0 Å². The van der Waals surface area contributed by atoms with Gasteiger partial charge in [0.2, 0.25) is 9.76 Å². The van der Waals surface area contributed by atoms with Gasteiger partial charge in [0, 0.05) is 14.2 Å². The summed E-state index contributed by atoms with van der Waals surface area (Å²) in [4.78, 5) is 0. The first kappa shape index (κ1) is 13.5. The van der Waals surface area contributed by atoms with Gasteiger partial charge in [0.25, 0.3) is 0 Å². The summed E-state index contributed by atoms with van der Waals surface area (Å²) in [6.45, 7) is 8.16.